The molecule has 4 heterocycles. The standard InChI is InChI=1S/C17H16BrN5O4/c1-21-7-9(18)6-12(15(21)24)20-17(27)23-10-4-5-22(8-10)13-3-2-11(16(25)26)19-14(13)23/h2-3,6-7,10H,4-5,8H2,1H3,(H,20,27)(H,25,26)/t10-/m0/s1. The highest BCUT2D eigenvalue weighted by Crippen LogP contribution is 2.39. The minimum Gasteiger partial charge on any atom is -0.477 e. The molecule has 2 amide bonds. The quantitative estimate of drug-likeness (QED) is 0.748. The number of carboxylic acids is 1. The minimum absolute atomic E-state index is 0.132. The van der Waals surface area contributed by atoms with E-state index < -0.39 is 12.0 Å². The van der Waals surface area contributed by atoms with Gasteiger partial charge in [-0.1, -0.05) is 0 Å². The fourth-order valence-corrected chi connectivity index (χ4v) is 4.06. The van der Waals surface area contributed by atoms with Gasteiger partial charge in [0.1, 0.15) is 5.69 Å². The van der Waals surface area contributed by atoms with Crippen LogP contribution in [-0.2, 0) is 7.05 Å². The van der Waals surface area contributed by atoms with Crippen LogP contribution in [0.5, 0.6) is 0 Å². The predicted octanol–water partition coefficient (Wildman–Crippen LogP) is 1.87. The molecular weight excluding hydrogens is 418 g/mol. The van der Waals surface area contributed by atoms with Crippen LogP contribution in [0.4, 0.5) is 22.0 Å². The van der Waals surface area contributed by atoms with Crippen molar-refractivity contribution in [1.29, 1.82) is 0 Å². The van der Waals surface area contributed by atoms with Crippen molar-refractivity contribution < 1.29 is 14.7 Å². The van der Waals surface area contributed by atoms with Gasteiger partial charge in [-0.3, -0.25) is 9.69 Å². The Morgan fingerprint density at radius 3 is 2.89 bits per heavy atom. The summed E-state index contributed by atoms with van der Waals surface area (Å²) < 4.78 is 2.01. The Labute approximate surface area is 162 Å². The van der Waals surface area contributed by atoms with Crippen LogP contribution in [0.25, 0.3) is 0 Å². The molecule has 0 spiro atoms. The molecule has 2 N–H and O–H groups in total. The molecule has 10 heteroatoms. The fraction of sp³-hybridized carbons (Fsp3) is 0.294. The van der Waals surface area contributed by atoms with Gasteiger partial charge in [0.2, 0.25) is 0 Å². The zero-order chi connectivity index (χ0) is 19.3. The molecule has 9 nitrogen and oxygen atoms in total. The highest BCUT2D eigenvalue weighted by atomic mass is 79.9. The zero-order valence-corrected chi connectivity index (χ0v) is 15.9. The van der Waals surface area contributed by atoms with Gasteiger partial charge in [-0.15, -0.1) is 0 Å². The number of hydrogen-bond acceptors (Lipinski definition) is 5. The van der Waals surface area contributed by atoms with Gasteiger partial charge in [-0.2, -0.15) is 0 Å². The number of carbonyl (C=O) groups excluding carboxylic acids is 1. The van der Waals surface area contributed by atoms with E-state index in [2.05, 4.69) is 31.1 Å². The number of hydrogen-bond donors (Lipinski definition) is 2. The number of urea groups is 1. The van der Waals surface area contributed by atoms with Crippen molar-refractivity contribution in [2.45, 2.75) is 12.5 Å². The number of carboxylic acid groups (broad SMARTS) is 1. The molecule has 2 bridgehead atoms. The molecule has 2 aliphatic heterocycles. The molecule has 0 aliphatic carbocycles. The van der Waals surface area contributed by atoms with Crippen molar-refractivity contribution in [2.24, 2.45) is 7.05 Å². The number of pyridine rings is 2. The van der Waals surface area contributed by atoms with Crippen LogP contribution in [0.2, 0.25) is 0 Å². The topological polar surface area (TPSA) is 108 Å². The van der Waals surface area contributed by atoms with E-state index in [-0.39, 0.29) is 23.0 Å². The average molecular weight is 434 g/mol. The summed E-state index contributed by atoms with van der Waals surface area (Å²) in [6.45, 7) is 1.40. The second-order valence-electron chi connectivity index (χ2n) is 6.52. The highest BCUT2D eigenvalue weighted by molar-refractivity contribution is 9.10. The third-order valence-corrected chi connectivity index (χ3v) is 5.22. The Hall–Kier alpha value is -2.88. The molecule has 1 atom stereocenters. The lowest BCUT2D eigenvalue weighted by molar-refractivity contribution is 0.0690. The maximum atomic E-state index is 13.0. The zero-order valence-electron chi connectivity index (χ0n) is 14.3. The third-order valence-electron chi connectivity index (χ3n) is 4.78. The molecular formula is C17H16BrN5O4. The molecule has 140 valence electrons. The van der Waals surface area contributed by atoms with Crippen molar-refractivity contribution in [1.82, 2.24) is 9.55 Å². The van der Waals surface area contributed by atoms with Crippen molar-refractivity contribution in [3.05, 3.63) is 44.9 Å². The Morgan fingerprint density at radius 1 is 1.37 bits per heavy atom. The van der Waals surface area contributed by atoms with Gasteiger partial charge in [0.15, 0.2) is 11.5 Å². The highest BCUT2D eigenvalue weighted by Gasteiger charge is 2.40. The Bertz CT molecular complexity index is 1020. The van der Waals surface area contributed by atoms with Gasteiger partial charge in [0, 0.05) is 30.8 Å². The molecule has 4 rings (SSSR count). The Kier molecular flexibility index (Phi) is 4.14. The summed E-state index contributed by atoms with van der Waals surface area (Å²) in [6, 6.07) is 4.00. The van der Waals surface area contributed by atoms with Crippen molar-refractivity contribution in [2.75, 3.05) is 28.2 Å². The number of anilines is 3. The second kappa shape index (κ2) is 6.38. The van der Waals surface area contributed by atoms with Gasteiger partial charge in [-0.25, -0.2) is 14.6 Å². The normalized spacial score (nSPS) is 17.6. The van der Waals surface area contributed by atoms with E-state index in [1.165, 1.54) is 21.6 Å². The number of aromatic carboxylic acids is 1. The summed E-state index contributed by atoms with van der Waals surface area (Å²) in [4.78, 5) is 44.4. The Balaban J connectivity index is 1.74. The molecule has 1 fully saturated rings. The average Bonchev–Trinajstić information content (AvgIpc) is 3.03. The molecule has 2 aliphatic rings. The summed E-state index contributed by atoms with van der Waals surface area (Å²) in [6.07, 6.45) is 2.34. The van der Waals surface area contributed by atoms with Crippen molar-refractivity contribution in [3.63, 3.8) is 0 Å². The number of amides is 2. The number of nitrogens with one attached hydrogen (secondary N) is 1. The van der Waals surface area contributed by atoms with Crippen LogP contribution in [0.15, 0.2) is 33.7 Å². The number of fused-ring (bicyclic) bond motifs is 4. The molecule has 2 aromatic rings. The molecule has 2 aromatic heterocycles. The lowest BCUT2D eigenvalue weighted by atomic mass is 10.2. The summed E-state index contributed by atoms with van der Waals surface area (Å²) in [5, 5.41) is 11.9. The minimum atomic E-state index is -1.16. The number of halogens is 1. The van der Waals surface area contributed by atoms with E-state index in [0.29, 0.717) is 22.5 Å². The van der Waals surface area contributed by atoms with E-state index in [1.807, 2.05) is 0 Å². The molecule has 27 heavy (non-hydrogen) atoms. The summed E-state index contributed by atoms with van der Waals surface area (Å²) >= 11 is 3.31. The largest absolute Gasteiger partial charge is 0.477 e. The SMILES string of the molecule is Cn1cc(Br)cc(NC(=O)N2c3nc(C(=O)O)ccc3N3CC[C@H]2C3)c1=O. The smallest absolute Gasteiger partial charge is 0.354 e. The first-order valence-corrected chi connectivity index (χ1v) is 9.10. The van der Waals surface area contributed by atoms with Crippen LogP contribution in [0.1, 0.15) is 16.9 Å². The van der Waals surface area contributed by atoms with Crippen LogP contribution in [0, 0.1) is 0 Å². The molecule has 0 aromatic carbocycles. The van der Waals surface area contributed by atoms with Crippen molar-refractivity contribution in [3.8, 4) is 0 Å². The molecule has 0 saturated carbocycles. The molecule has 1 saturated heterocycles. The number of rotatable bonds is 2. The Morgan fingerprint density at radius 2 is 2.15 bits per heavy atom. The number of carbonyl (C=O) groups is 2. The maximum Gasteiger partial charge on any atom is 0.354 e. The van der Waals surface area contributed by atoms with E-state index in [9.17, 15) is 19.5 Å². The van der Waals surface area contributed by atoms with Crippen LogP contribution in [0.3, 0.4) is 0 Å². The maximum absolute atomic E-state index is 13.0. The van der Waals surface area contributed by atoms with E-state index >= 15 is 0 Å². The van der Waals surface area contributed by atoms with Crippen LogP contribution < -0.4 is 20.7 Å². The van der Waals surface area contributed by atoms with Crippen molar-refractivity contribution >= 4 is 45.1 Å². The van der Waals surface area contributed by atoms with Gasteiger partial charge >= 0.3 is 12.0 Å². The van der Waals surface area contributed by atoms with Gasteiger partial charge in [0.25, 0.3) is 5.56 Å². The summed E-state index contributed by atoms with van der Waals surface area (Å²) in [7, 11) is 1.59. The van der Waals surface area contributed by atoms with Gasteiger partial charge in [0.05, 0.1) is 11.7 Å². The van der Waals surface area contributed by atoms with Crippen LogP contribution >= 0.6 is 15.9 Å². The number of aromatic nitrogens is 2. The number of aryl methyl sites for hydroxylation is 1. The van der Waals surface area contributed by atoms with Gasteiger partial charge in [-0.05, 0) is 40.5 Å². The number of nitrogens with zero attached hydrogens (tertiary/aromatic N) is 4. The van der Waals surface area contributed by atoms with Gasteiger partial charge < -0.3 is 19.9 Å². The van der Waals surface area contributed by atoms with E-state index in [0.717, 1.165) is 13.0 Å². The summed E-state index contributed by atoms with van der Waals surface area (Å²) in [5.74, 6) is -0.861. The monoisotopic (exact) mass is 433 g/mol. The fourth-order valence-electron chi connectivity index (χ4n) is 3.53. The lowest BCUT2D eigenvalue weighted by Gasteiger charge is -2.35. The first kappa shape index (κ1) is 17.5. The van der Waals surface area contributed by atoms with E-state index in [4.69, 9.17) is 0 Å². The van der Waals surface area contributed by atoms with Crippen LogP contribution in [-0.4, -0.2) is 45.8 Å². The first-order valence-electron chi connectivity index (χ1n) is 8.31. The third kappa shape index (κ3) is 2.95. The lowest BCUT2D eigenvalue weighted by Crippen LogP contribution is -2.49. The van der Waals surface area contributed by atoms with E-state index in [1.54, 1.807) is 19.3 Å². The second-order valence-corrected chi connectivity index (χ2v) is 7.44. The molecule has 0 unspecified atom stereocenters. The predicted molar refractivity (Wildman–Crippen MR) is 103 cm³/mol. The summed E-state index contributed by atoms with van der Waals surface area (Å²) in [5.41, 5.74) is 0.371. The molecule has 0 radical (unpaired) electrons. The first-order chi connectivity index (χ1) is 12.8.